The summed E-state index contributed by atoms with van der Waals surface area (Å²) in [5.74, 6) is -0.341. The van der Waals surface area contributed by atoms with Gasteiger partial charge in [-0.3, -0.25) is 4.79 Å². The third-order valence-corrected chi connectivity index (χ3v) is 6.20. The summed E-state index contributed by atoms with van der Waals surface area (Å²) >= 11 is 5.08. The van der Waals surface area contributed by atoms with Gasteiger partial charge < -0.3 is 15.5 Å². The van der Waals surface area contributed by atoms with E-state index in [1.165, 1.54) is 9.21 Å². The van der Waals surface area contributed by atoms with E-state index in [-0.39, 0.29) is 21.8 Å². The van der Waals surface area contributed by atoms with Crippen molar-refractivity contribution in [2.75, 3.05) is 38.5 Å². The number of likely N-dealkylation sites (N-methyl/N-ethyl adjacent to an activating group) is 1. The molecule has 1 aromatic carbocycles. The Labute approximate surface area is 154 Å². The minimum atomic E-state index is -3.47. The number of quaternary nitrogens is 1. The number of piperazine rings is 1. The van der Waals surface area contributed by atoms with Crippen LogP contribution in [0.15, 0.2) is 29.2 Å². The molecule has 1 saturated heterocycles. The highest BCUT2D eigenvalue weighted by atomic mass is 32.2. The van der Waals surface area contributed by atoms with Gasteiger partial charge in [0.25, 0.3) is 0 Å². The van der Waals surface area contributed by atoms with Crippen molar-refractivity contribution >= 4 is 38.9 Å². The second-order valence-corrected chi connectivity index (χ2v) is 8.83. The Bertz CT molecular complexity index is 724. The van der Waals surface area contributed by atoms with Gasteiger partial charge in [-0.25, -0.2) is 8.42 Å². The summed E-state index contributed by atoms with van der Waals surface area (Å²) in [6, 6.07) is 6.38. The van der Waals surface area contributed by atoms with Gasteiger partial charge in [0.1, 0.15) is 0 Å². The number of nitrogens with zero attached hydrogens (tertiary/aromatic N) is 1. The highest BCUT2D eigenvalue weighted by molar-refractivity contribution is 7.89. The molecule has 2 rings (SSSR count). The van der Waals surface area contributed by atoms with Gasteiger partial charge in [-0.05, 0) is 36.5 Å². The number of amides is 1. The lowest BCUT2D eigenvalue weighted by Crippen LogP contribution is -3.12. The molecular formula is C16H25N4O3S2+. The van der Waals surface area contributed by atoms with Gasteiger partial charge >= 0.3 is 0 Å². The van der Waals surface area contributed by atoms with Crippen LogP contribution in [0.4, 0.5) is 5.69 Å². The molecule has 0 bridgehead atoms. The number of anilines is 1. The fourth-order valence-corrected chi connectivity index (χ4v) is 4.05. The zero-order valence-electron chi connectivity index (χ0n) is 14.7. The molecule has 1 heterocycles. The van der Waals surface area contributed by atoms with Gasteiger partial charge in [0, 0.05) is 11.6 Å². The predicted octanol–water partition coefficient (Wildman–Crippen LogP) is -0.325. The lowest BCUT2D eigenvalue weighted by Gasteiger charge is -2.29. The van der Waals surface area contributed by atoms with E-state index in [4.69, 9.17) is 12.2 Å². The summed E-state index contributed by atoms with van der Waals surface area (Å²) in [7, 11) is -1.41. The monoisotopic (exact) mass is 385 g/mol. The van der Waals surface area contributed by atoms with Crippen LogP contribution in [0.3, 0.4) is 0 Å². The van der Waals surface area contributed by atoms with Crippen molar-refractivity contribution in [2.24, 2.45) is 5.92 Å². The maximum absolute atomic E-state index is 12.7. The van der Waals surface area contributed by atoms with Gasteiger partial charge in [-0.15, -0.1) is 0 Å². The molecule has 1 fully saturated rings. The molecule has 138 valence electrons. The molecule has 1 aromatic rings. The average Bonchev–Trinajstić information content (AvgIpc) is 2.55. The van der Waals surface area contributed by atoms with E-state index >= 15 is 0 Å². The Morgan fingerprint density at radius 3 is 2.28 bits per heavy atom. The number of rotatable bonds is 4. The molecule has 9 heteroatoms. The quantitative estimate of drug-likeness (QED) is 0.619. The van der Waals surface area contributed by atoms with Gasteiger partial charge in [0.05, 0.1) is 38.1 Å². The SMILES string of the molecule is CC(C)C(=O)NC(=S)Nc1ccc(S(=O)(=O)N2CC[NH+](C)CC2)cc1. The second kappa shape index (κ2) is 8.22. The largest absolute Gasteiger partial charge is 0.335 e. The number of benzene rings is 1. The third kappa shape index (κ3) is 5.21. The Morgan fingerprint density at radius 2 is 1.76 bits per heavy atom. The number of nitrogens with one attached hydrogen (secondary N) is 3. The van der Waals surface area contributed by atoms with Crippen LogP contribution < -0.4 is 15.5 Å². The van der Waals surface area contributed by atoms with Crippen molar-refractivity contribution in [3.05, 3.63) is 24.3 Å². The number of hydrogen-bond acceptors (Lipinski definition) is 4. The molecule has 0 aromatic heterocycles. The first-order valence-electron chi connectivity index (χ1n) is 8.23. The second-order valence-electron chi connectivity index (χ2n) is 6.48. The molecule has 1 aliphatic heterocycles. The normalized spacial score (nSPS) is 16.6. The molecule has 3 N–H and O–H groups in total. The average molecular weight is 386 g/mol. The minimum absolute atomic E-state index is 0.169. The van der Waals surface area contributed by atoms with Crippen LogP contribution in [0.25, 0.3) is 0 Å². The van der Waals surface area contributed by atoms with Gasteiger partial charge in [-0.1, -0.05) is 13.8 Å². The first kappa shape index (κ1) is 19.8. The zero-order chi connectivity index (χ0) is 18.6. The summed E-state index contributed by atoms with van der Waals surface area (Å²) in [6.07, 6.45) is 0. The summed E-state index contributed by atoms with van der Waals surface area (Å²) in [5, 5.41) is 5.65. The molecule has 0 unspecified atom stereocenters. The molecule has 25 heavy (non-hydrogen) atoms. The maximum Gasteiger partial charge on any atom is 0.243 e. The lowest BCUT2D eigenvalue weighted by atomic mass is 10.2. The van der Waals surface area contributed by atoms with E-state index in [2.05, 4.69) is 17.7 Å². The highest BCUT2D eigenvalue weighted by Gasteiger charge is 2.28. The van der Waals surface area contributed by atoms with Crippen molar-refractivity contribution in [1.29, 1.82) is 0 Å². The number of carbonyl (C=O) groups excluding carboxylic acids is 1. The summed E-state index contributed by atoms with van der Waals surface area (Å²) in [5.41, 5.74) is 0.621. The van der Waals surface area contributed by atoms with Crippen LogP contribution in [0.1, 0.15) is 13.8 Å². The third-order valence-electron chi connectivity index (χ3n) is 4.09. The van der Waals surface area contributed by atoms with Gasteiger partial charge in [0.15, 0.2) is 5.11 Å². The minimum Gasteiger partial charge on any atom is -0.335 e. The van der Waals surface area contributed by atoms with Crippen LogP contribution in [0.2, 0.25) is 0 Å². The molecule has 7 nitrogen and oxygen atoms in total. The van der Waals surface area contributed by atoms with Crippen molar-refractivity contribution < 1.29 is 18.1 Å². The van der Waals surface area contributed by atoms with Crippen molar-refractivity contribution in [2.45, 2.75) is 18.7 Å². The van der Waals surface area contributed by atoms with Crippen LogP contribution in [0, 0.1) is 5.92 Å². The molecule has 0 spiro atoms. The highest BCUT2D eigenvalue weighted by Crippen LogP contribution is 2.18. The van der Waals surface area contributed by atoms with Crippen LogP contribution >= 0.6 is 12.2 Å². The molecule has 1 aliphatic rings. The van der Waals surface area contributed by atoms with E-state index < -0.39 is 10.0 Å². The van der Waals surface area contributed by atoms with E-state index in [1.54, 1.807) is 38.1 Å². The fourth-order valence-electron chi connectivity index (χ4n) is 2.39. The molecule has 0 atom stereocenters. The molecule has 0 radical (unpaired) electrons. The van der Waals surface area contributed by atoms with E-state index in [0.717, 1.165) is 13.1 Å². The first-order chi connectivity index (χ1) is 11.7. The number of hydrogen-bond donors (Lipinski definition) is 3. The topological polar surface area (TPSA) is 83.0 Å². The maximum atomic E-state index is 12.7. The lowest BCUT2D eigenvalue weighted by molar-refractivity contribution is -0.883. The van der Waals surface area contributed by atoms with Crippen molar-refractivity contribution in [1.82, 2.24) is 9.62 Å². The molecular weight excluding hydrogens is 360 g/mol. The summed E-state index contributed by atoms with van der Waals surface area (Å²) in [4.78, 5) is 13.2. The van der Waals surface area contributed by atoms with Crippen molar-refractivity contribution in [3.63, 3.8) is 0 Å². The van der Waals surface area contributed by atoms with Crippen molar-refractivity contribution in [3.8, 4) is 0 Å². The van der Waals surface area contributed by atoms with Gasteiger partial charge in [0.2, 0.25) is 15.9 Å². The van der Waals surface area contributed by atoms with E-state index in [1.807, 2.05) is 0 Å². The zero-order valence-corrected chi connectivity index (χ0v) is 16.3. The van der Waals surface area contributed by atoms with Crippen LogP contribution in [-0.2, 0) is 14.8 Å². The Morgan fingerprint density at radius 1 is 1.20 bits per heavy atom. The molecule has 1 amide bonds. The number of sulfonamides is 1. The fraction of sp³-hybridized carbons (Fsp3) is 0.500. The van der Waals surface area contributed by atoms with Crippen LogP contribution in [0.5, 0.6) is 0 Å². The summed E-state index contributed by atoms with van der Waals surface area (Å²) < 4.78 is 26.8. The predicted molar refractivity (Wildman–Crippen MR) is 101 cm³/mol. The number of thiocarbonyl (C=S) groups is 1. The summed E-state index contributed by atoms with van der Waals surface area (Å²) in [6.45, 7) is 6.22. The Kier molecular flexibility index (Phi) is 6.50. The van der Waals surface area contributed by atoms with Gasteiger partial charge in [-0.2, -0.15) is 4.31 Å². The number of carbonyl (C=O) groups is 1. The molecule has 0 saturated carbocycles. The van der Waals surface area contributed by atoms with E-state index in [0.29, 0.717) is 18.8 Å². The van der Waals surface area contributed by atoms with E-state index in [9.17, 15) is 13.2 Å². The standard InChI is InChI=1S/C16H24N4O3S2/c1-12(2)15(21)18-16(24)17-13-4-6-14(7-5-13)25(22,23)20-10-8-19(3)9-11-20/h4-7,12H,8-11H2,1-3H3,(H2,17,18,21,24)/p+1. The Balaban J connectivity index is 2.01. The Hall–Kier alpha value is -1.55. The molecule has 0 aliphatic carbocycles. The first-order valence-corrected chi connectivity index (χ1v) is 10.1. The smallest absolute Gasteiger partial charge is 0.243 e. The van der Waals surface area contributed by atoms with Crippen LogP contribution in [-0.4, -0.2) is 57.0 Å².